The van der Waals surface area contributed by atoms with Crippen molar-refractivity contribution in [3.05, 3.63) is 72.3 Å². The summed E-state index contributed by atoms with van der Waals surface area (Å²) in [5, 5.41) is 3.45. The normalized spacial score (nSPS) is 9.78. The molecule has 0 saturated carbocycles. The van der Waals surface area contributed by atoms with Gasteiger partial charge >= 0.3 is 0 Å². The van der Waals surface area contributed by atoms with Crippen LogP contribution in [-0.4, -0.2) is 20.3 Å². The van der Waals surface area contributed by atoms with Gasteiger partial charge in [0.1, 0.15) is 18.1 Å². The third kappa shape index (κ3) is 6.76. The van der Waals surface area contributed by atoms with Gasteiger partial charge in [-0.2, -0.15) is 0 Å². The predicted octanol–water partition coefficient (Wildman–Crippen LogP) is 4.01. The van der Waals surface area contributed by atoms with Crippen molar-refractivity contribution in [2.45, 2.75) is 13.0 Å². The molecular weight excluding hydrogens is 310 g/mol. The largest absolute Gasteiger partial charge is 0.497 e. The van der Waals surface area contributed by atoms with Gasteiger partial charge in [-0.05, 0) is 48.4 Å². The Morgan fingerprint density at radius 1 is 0.957 bits per heavy atom. The maximum Gasteiger partial charge on any atom is 0.119 e. The van der Waals surface area contributed by atoms with Crippen LogP contribution >= 0.6 is 12.4 Å². The summed E-state index contributed by atoms with van der Waals surface area (Å²) in [6, 6.07) is 16.3. The van der Waals surface area contributed by atoms with E-state index in [1.54, 1.807) is 13.2 Å². The monoisotopic (exact) mass is 333 g/mol. The maximum absolute atomic E-state index is 5.46. The highest BCUT2D eigenvalue weighted by molar-refractivity contribution is 5.85. The average molecular weight is 334 g/mol. The molecule has 0 aliphatic carbocycles. The molecule has 2 aromatic carbocycles. The van der Waals surface area contributed by atoms with E-state index in [2.05, 4.69) is 36.2 Å². The van der Waals surface area contributed by atoms with Gasteiger partial charge in [0, 0.05) is 6.54 Å². The minimum absolute atomic E-state index is 0. The van der Waals surface area contributed by atoms with Crippen LogP contribution in [0.1, 0.15) is 11.1 Å². The average Bonchev–Trinajstić information content (AvgIpc) is 2.58. The van der Waals surface area contributed by atoms with Crippen LogP contribution in [0.15, 0.2) is 61.2 Å². The third-order valence-corrected chi connectivity index (χ3v) is 3.37. The molecule has 1 N–H and O–H groups in total. The quantitative estimate of drug-likeness (QED) is 0.555. The summed E-state index contributed by atoms with van der Waals surface area (Å²) in [6.07, 6.45) is 2.75. The fourth-order valence-corrected chi connectivity index (χ4v) is 2.12. The molecule has 0 aromatic heterocycles. The molecule has 0 fully saturated rings. The van der Waals surface area contributed by atoms with Crippen molar-refractivity contribution in [3.63, 3.8) is 0 Å². The number of methoxy groups -OCH3 is 1. The second-order valence-corrected chi connectivity index (χ2v) is 5.02. The highest BCUT2D eigenvalue weighted by atomic mass is 35.5. The summed E-state index contributed by atoms with van der Waals surface area (Å²) < 4.78 is 10.6. The molecule has 124 valence electrons. The van der Waals surface area contributed by atoms with E-state index in [9.17, 15) is 0 Å². The molecule has 2 rings (SSSR count). The van der Waals surface area contributed by atoms with E-state index in [1.807, 2.05) is 24.3 Å². The molecule has 0 atom stereocenters. The zero-order valence-corrected chi connectivity index (χ0v) is 14.3. The first-order valence-electron chi connectivity index (χ1n) is 7.48. The number of halogens is 1. The van der Waals surface area contributed by atoms with Crippen LogP contribution < -0.4 is 14.8 Å². The second kappa shape index (κ2) is 10.7. The van der Waals surface area contributed by atoms with Crippen LogP contribution in [-0.2, 0) is 13.0 Å². The molecule has 0 radical (unpaired) electrons. The van der Waals surface area contributed by atoms with Crippen molar-refractivity contribution in [3.8, 4) is 11.5 Å². The Labute approximate surface area is 144 Å². The zero-order chi connectivity index (χ0) is 15.6. The summed E-state index contributed by atoms with van der Waals surface area (Å²) in [4.78, 5) is 0. The lowest BCUT2D eigenvalue weighted by Gasteiger charge is -2.07. The Hall–Kier alpha value is -1.97. The highest BCUT2D eigenvalue weighted by Gasteiger charge is 1.97. The van der Waals surface area contributed by atoms with Gasteiger partial charge in [0.05, 0.1) is 7.11 Å². The first-order chi connectivity index (χ1) is 10.8. The van der Waals surface area contributed by atoms with E-state index >= 15 is 0 Å². The van der Waals surface area contributed by atoms with E-state index in [-0.39, 0.29) is 12.4 Å². The maximum atomic E-state index is 5.46. The predicted molar refractivity (Wildman–Crippen MR) is 97.8 cm³/mol. The van der Waals surface area contributed by atoms with Crippen molar-refractivity contribution in [2.24, 2.45) is 0 Å². The van der Waals surface area contributed by atoms with Crippen molar-refractivity contribution >= 4 is 12.4 Å². The van der Waals surface area contributed by atoms with E-state index < -0.39 is 0 Å². The van der Waals surface area contributed by atoms with Crippen molar-refractivity contribution in [1.82, 2.24) is 5.32 Å². The van der Waals surface area contributed by atoms with E-state index in [0.29, 0.717) is 6.61 Å². The summed E-state index contributed by atoms with van der Waals surface area (Å²) >= 11 is 0. The fraction of sp³-hybridized carbons (Fsp3) is 0.263. The number of rotatable bonds is 9. The van der Waals surface area contributed by atoms with E-state index in [0.717, 1.165) is 31.0 Å². The second-order valence-electron chi connectivity index (χ2n) is 5.02. The molecule has 0 bridgehead atoms. The molecule has 4 heteroatoms. The molecule has 0 spiro atoms. The summed E-state index contributed by atoms with van der Waals surface area (Å²) in [5.41, 5.74) is 2.56. The SMILES string of the molecule is C=CCOc1ccc(CNCCc2ccc(OC)cc2)cc1.Cl. The van der Waals surface area contributed by atoms with Gasteiger partial charge in [-0.1, -0.05) is 36.9 Å². The van der Waals surface area contributed by atoms with Gasteiger partial charge in [0.15, 0.2) is 0 Å². The van der Waals surface area contributed by atoms with E-state index in [4.69, 9.17) is 9.47 Å². The Morgan fingerprint density at radius 3 is 2.17 bits per heavy atom. The highest BCUT2D eigenvalue weighted by Crippen LogP contribution is 2.13. The van der Waals surface area contributed by atoms with Crippen molar-refractivity contribution in [1.29, 1.82) is 0 Å². The van der Waals surface area contributed by atoms with Crippen LogP contribution in [0.2, 0.25) is 0 Å². The number of ether oxygens (including phenoxy) is 2. The number of benzene rings is 2. The first kappa shape index (κ1) is 19.1. The van der Waals surface area contributed by atoms with Gasteiger partial charge < -0.3 is 14.8 Å². The fourth-order valence-electron chi connectivity index (χ4n) is 2.12. The van der Waals surface area contributed by atoms with Crippen LogP contribution in [0, 0.1) is 0 Å². The first-order valence-corrected chi connectivity index (χ1v) is 7.48. The molecule has 2 aromatic rings. The smallest absolute Gasteiger partial charge is 0.119 e. The lowest BCUT2D eigenvalue weighted by Crippen LogP contribution is -2.16. The number of hydrogen-bond donors (Lipinski definition) is 1. The minimum atomic E-state index is 0. The molecule has 0 amide bonds. The zero-order valence-electron chi connectivity index (χ0n) is 13.5. The number of hydrogen-bond acceptors (Lipinski definition) is 3. The summed E-state index contributed by atoms with van der Waals surface area (Å²) in [6.45, 7) is 5.98. The van der Waals surface area contributed by atoms with Gasteiger partial charge in [0.2, 0.25) is 0 Å². The molecule has 0 saturated heterocycles. The number of nitrogens with one attached hydrogen (secondary N) is 1. The lowest BCUT2D eigenvalue weighted by atomic mass is 10.1. The van der Waals surface area contributed by atoms with Crippen LogP contribution in [0.25, 0.3) is 0 Å². The topological polar surface area (TPSA) is 30.5 Å². The molecule has 0 aliphatic rings. The summed E-state index contributed by atoms with van der Waals surface area (Å²) in [5.74, 6) is 1.78. The third-order valence-electron chi connectivity index (χ3n) is 3.37. The van der Waals surface area contributed by atoms with E-state index in [1.165, 1.54) is 11.1 Å². The molecular formula is C19H24ClNO2. The Morgan fingerprint density at radius 2 is 1.57 bits per heavy atom. The Kier molecular flexibility index (Phi) is 8.88. The van der Waals surface area contributed by atoms with Gasteiger partial charge in [-0.15, -0.1) is 12.4 Å². The van der Waals surface area contributed by atoms with Gasteiger partial charge in [-0.25, -0.2) is 0 Å². The Balaban J connectivity index is 0.00000264. The van der Waals surface area contributed by atoms with Crippen LogP contribution in [0.5, 0.6) is 11.5 Å². The Bertz CT molecular complexity index is 567. The summed E-state index contributed by atoms with van der Waals surface area (Å²) in [7, 11) is 1.68. The van der Waals surface area contributed by atoms with Crippen LogP contribution in [0.3, 0.4) is 0 Å². The van der Waals surface area contributed by atoms with Crippen molar-refractivity contribution in [2.75, 3.05) is 20.3 Å². The van der Waals surface area contributed by atoms with Crippen molar-refractivity contribution < 1.29 is 9.47 Å². The molecule has 0 unspecified atom stereocenters. The standard InChI is InChI=1S/C19H23NO2.ClH/c1-3-14-22-19-10-6-17(7-11-19)15-20-13-12-16-4-8-18(21-2)9-5-16;/h3-11,20H,1,12-15H2,2H3;1H. The van der Waals surface area contributed by atoms with Gasteiger partial charge in [-0.3, -0.25) is 0 Å². The molecule has 23 heavy (non-hydrogen) atoms. The molecule has 3 nitrogen and oxygen atoms in total. The van der Waals surface area contributed by atoms with Gasteiger partial charge in [0.25, 0.3) is 0 Å². The lowest BCUT2D eigenvalue weighted by molar-refractivity contribution is 0.363. The van der Waals surface area contributed by atoms with Crippen LogP contribution in [0.4, 0.5) is 0 Å². The molecule has 0 heterocycles. The molecule has 0 aliphatic heterocycles. The minimum Gasteiger partial charge on any atom is -0.497 e.